The van der Waals surface area contributed by atoms with Crippen molar-refractivity contribution in [3.8, 4) is 6.07 Å². The van der Waals surface area contributed by atoms with Crippen molar-refractivity contribution < 1.29 is 0 Å². The number of nitrogens with zero attached hydrogens (tertiary/aromatic N) is 1. The van der Waals surface area contributed by atoms with Gasteiger partial charge >= 0.3 is 0 Å². The van der Waals surface area contributed by atoms with E-state index >= 15 is 0 Å². The molecule has 0 saturated heterocycles. The molecule has 1 nitrogen and oxygen atoms in total. The van der Waals surface area contributed by atoms with Crippen molar-refractivity contribution >= 4 is 11.8 Å². The van der Waals surface area contributed by atoms with Gasteiger partial charge in [0.15, 0.2) is 0 Å². The van der Waals surface area contributed by atoms with Gasteiger partial charge < -0.3 is 0 Å². The van der Waals surface area contributed by atoms with Gasteiger partial charge in [0, 0.05) is 4.90 Å². The van der Waals surface area contributed by atoms with Crippen LogP contribution in [0.25, 0.3) is 0 Å². The minimum atomic E-state index is -0.00588. The smallest absolute Gasteiger partial charge is 0.0701 e. The molecule has 62 valence electrons. The topological polar surface area (TPSA) is 23.8 Å². The molecule has 0 amide bonds. The maximum Gasteiger partial charge on any atom is 0.0701 e. The summed E-state index contributed by atoms with van der Waals surface area (Å²) in [7, 11) is 0. The summed E-state index contributed by atoms with van der Waals surface area (Å²) in [6, 6.07) is 10.3. The second-order valence-corrected chi connectivity index (χ2v) is 3.44. The van der Waals surface area contributed by atoms with Crippen LogP contribution in [-0.2, 0) is 0 Å². The van der Waals surface area contributed by atoms with Crippen molar-refractivity contribution in [3.63, 3.8) is 0 Å². The number of thioether (sulfide) groups is 1. The Morgan fingerprint density at radius 3 is 2.67 bits per heavy atom. The lowest BCUT2D eigenvalue weighted by atomic mass is 10.0. The van der Waals surface area contributed by atoms with Crippen LogP contribution in [0.5, 0.6) is 0 Å². The maximum atomic E-state index is 8.75. The molecule has 1 rings (SSSR count). The Morgan fingerprint density at radius 1 is 1.42 bits per heavy atom. The average molecular weight is 177 g/mol. The van der Waals surface area contributed by atoms with E-state index in [1.54, 1.807) is 11.8 Å². The summed E-state index contributed by atoms with van der Waals surface area (Å²) in [5.74, 6) is -0.00588. The molecule has 0 aromatic heterocycles. The van der Waals surface area contributed by atoms with Gasteiger partial charge in [-0.25, -0.2) is 0 Å². The second-order valence-electron chi connectivity index (χ2n) is 2.59. The monoisotopic (exact) mass is 177 g/mol. The first-order valence-electron chi connectivity index (χ1n) is 3.82. The molecule has 0 fully saturated rings. The molecule has 0 bridgehead atoms. The lowest BCUT2D eigenvalue weighted by molar-refractivity contribution is 0.948. The molecular formula is C10H11NS. The van der Waals surface area contributed by atoms with Crippen LogP contribution in [0.15, 0.2) is 29.2 Å². The summed E-state index contributed by atoms with van der Waals surface area (Å²) in [5.41, 5.74) is 1.13. The Hall–Kier alpha value is -0.940. The maximum absolute atomic E-state index is 8.75. The van der Waals surface area contributed by atoms with Crippen molar-refractivity contribution in [2.45, 2.75) is 17.7 Å². The van der Waals surface area contributed by atoms with E-state index in [0.29, 0.717) is 0 Å². The van der Waals surface area contributed by atoms with Crippen LogP contribution in [-0.4, -0.2) is 6.26 Å². The predicted octanol–water partition coefficient (Wildman–Crippen LogP) is 3.04. The zero-order valence-electron chi connectivity index (χ0n) is 7.24. The molecule has 0 spiro atoms. The van der Waals surface area contributed by atoms with Gasteiger partial charge in [-0.05, 0) is 24.8 Å². The zero-order valence-corrected chi connectivity index (χ0v) is 8.06. The third-order valence-corrected chi connectivity index (χ3v) is 2.61. The van der Waals surface area contributed by atoms with Gasteiger partial charge in [-0.1, -0.05) is 18.2 Å². The number of hydrogen-bond donors (Lipinski definition) is 0. The average Bonchev–Trinajstić information content (AvgIpc) is 2.16. The summed E-state index contributed by atoms with van der Waals surface area (Å²) in [4.78, 5) is 1.20. The first-order valence-corrected chi connectivity index (χ1v) is 5.04. The molecular weight excluding hydrogens is 166 g/mol. The molecule has 1 atom stereocenters. The van der Waals surface area contributed by atoms with Crippen molar-refractivity contribution in [2.75, 3.05) is 6.26 Å². The van der Waals surface area contributed by atoms with Crippen LogP contribution in [0.2, 0.25) is 0 Å². The summed E-state index contributed by atoms with van der Waals surface area (Å²) in [6.45, 7) is 1.93. The lowest BCUT2D eigenvalue weighted by Gasteiger charge is -2.07. The highest BCUT2D eigenvalue weighted by Gasteiger charge is 2.07. The van der Waals surface area contributed by atoms with Crippen molar-refractivity contribution in [1.29, 1.82) is 5.26 Å². The molecule has 0 radical (unpaired) electrons. The zero-order chi connectivity index (χ0) is 8.97. The van der Waals surface area contributed by atoms with Gasteiger partial charge in [-0.15, -0.1) is 11.8 Å². The quantitative estimate of drug-likeness (QED) is 0.648. The predicted molar refractivity (Wildman–Crippen MR) is 52.3 cm³/mol. The molecule has 1 aromatic carbocycles. The first kappa shape index (κ1) is 9.15. The van der Waals surface area contributed by atoms with Gasteiger partial charge in [0.2, 0.25) is 0 Å². The van der Waals surface area contributed by atoms with Gasteiger partial charge in [0.05, 0.1) is 12.0 Å². The Labute approximate surface area is 77.4 Å². The summed E-state index contributed by atoms with van der Waals surface area (Å²) >= 11 is 1.69. The molecule has 0 aliphatic heterocycles. The molecule has 0 aliphatic carbocycles. The minimum absolute atomic E-state index is 0.00588. The van der Waals surface area contributed by atoms with E-state index in [-0.39, 0.29) is 5.92 Å². The highest BCUT2D eigenvalue weighted by molar-refractivity contribution is 7.98. The molecule has 0 heterocycles. The molecule has 0 aliphatic rings. The fraction of sp³-hybridized carbons (Fsp3) is 0.300. The first-order chi connectivity index (χ1) is 5.79. The van der Waals surface area contributed by atoms with Crippen LogP contribution in [0.3, 0.4) is 0 Å². The van der Waals surface area contributed by atoms with E-state index in [4.69, 9.17) is 5.26 Å². The van der Waals surface area contributed by atoms with Crippen LogP contribution in [0, 0.1) is 11.3 Å². The Kier molecular flexibility index (Phi) is 3.19. The number of nitriles is 1. The summed E-state index contributed by atoms with van der Waals surface area (Å²) in [6.07, 6.45) is 2.03. The van der Waals surface area contributed by atoms with Gasteiger partial charge in [-0.3, -0.25) is 0 Å². The Balaban J connectivity index is 3.06. The van der Waals surface area contributed by atoms with Crippen molar-refractivity contribution in [1.82, 2.24) is 0 Å². The van der Waals surface area contributed by atoms with Gasteiger partial charge in [-0.2, -0.15) is 5.26 Å². The van der Waals surface area contributed by atoms with Crippen LogP contribution in [0.4, 0.5) is 0 Å². The number of benzene rings is 1. The fourth-order valence-electron chi connectivity index (χ4n) is 1.09. The van der Waals surface area contributed by atoms with Crippen LogP contribution in [0.1, 0.15) is 18.4 Å². The Morgan fingerprint density at radius 2 is 2.08 bits per heavy atom. The Bertz CT molecular complexity index is 301. The van der Waals surface area contributed by atoms with Crippen LogP contribution < -0.4 is 0 Å². The molecule has 1 unspecified atom stereocenters. The lowest BCUT2D eigenvalue weighted by Crippen LogP contribution is -1.91. The third-order valence-electron chi connectivity index (χ3n) is 1.80. The van der Waals surface area contributed by atoms with Crippen molar-refractivity contribution in [2.24, 2.45) is 0 Å². The highest BCUT2D eigenvalue weighted by Crippen LogP contribution is 2.25. The third kappa shape index (κ3) is 1.80. The second kappa shape index (κ2) is 4.18. The molecule has 0 saturated carbocycles. The van der Waals surface area contributed by atoms with E-state index in [0.717, 1.165) is 5.56 Å². The van der Waals surface area contributed by atoms with E-state index in [9.17, 15) is 0 Å². The minimum Gasteiger partial charge on any atom is -0.198 e. The molecule has 2 heteroatoms. The molecule has 1 aromatic rings. The largest absolute Gasteiger partial charge is 0.198 e. The van der Waals surface area contributed by atoms with Crippen molar-refractivity contribution in [3.05, 3.63) is 29.8 Å². The normalized spacial score (nSPS) is 12.1. The van der Waals surface area contributed by atoms with Gasteiger partial charge in [0.25, 0.3) is 0 Å². The number of rotatable bonds is 2. The fourth-order valence-corrected chi connectivity index (χ4v) is 1.79. The highest BCUT2D eigenvalue weighted by atomic mass is 32.2. The SMILES string of the molecule is CSc1ccccc1C(C)C#N. The summed E-state index contributed by atoms with van der Waals surface area (Å²) < 4.78 is 0. The number of hydrogen-bond acceptors (Lipinski definition) is 2. The van der Waals surface area contributed by atoms with Gasteiger partial charge in [0.1, 0.15) is 0 Å². The summed E-state index contributed by atoms with van der Waals surface area (Å²) in [5, 5.41) is 8.75. The van der Waals surface area contributed by atoms with E-state index in [1.807, 2.05) is 37.4 Å². The van der Waals surface area contributed by atoms with E-state index in [1.165, 1.54) is 4.90 Å². The molecule has 12 heavy (non-hydrogen) atoms. The van der Waals surface area contributed by atoms with E-state index < -0.39 is 0 Å². The van der Waals surface area contributed by atoms with Crippen LogP contribution >= 0.6 is 11.8 Å². The standard InChI is InChI=1S/C10H11NS/c1-8(7-11)9-5-3-4-6-10(9)12-2/h3-6,8H,1-2H3. The molecule has 0 N–H and O–H groups in total. The van der Waals surface area contributed by atoms with E-state index in [2.05, 4.69) is 6.07 Å².